The van der Waals surface area contributed by atoms with Crippen LogP contribution in [0.4, 0.5) is 5.69 Å². The molecule has 0 aromatic heterocycles. The minimum atomic E-state index is -1.15. The molecule has 2 aromatic carbocycles. The lowest BCUT2D eigenvalue weighted by Crippen LogP contribution is -2.48. The summed E-state index contributed by atoms with van der Waals surface area (Å²) < 4.78 is 11.0. The lowest BCUT2D eigenvalue weighted by Gasteiger charge is -2.40. The highest BCUT2D eigenvalue weighted by atomic mass is 16.6. The number of amides is 1. The topological polar surface area (TPSA) is 152 Å². The van der Waals surface area contributed by atoms with Crippen molar-refractivity contribution in [2.24, 2.45) is 0 Å². The van der Waals surface area contributed by atoms with Crippen molar-refractivity contribution in [3.8, 4) is 0 Å². The fraction of sp³-hybridized carbons (Fsp3) is 0.441. The van der Waals surface area contributed by atoms with Gasteiger partial charge in [-0.1, -0.05) is 49.4 Å². The number of rotatable bonds is 15. The number of carboxylic acid groups (broad SMARTS) is 1. The van der Waals surface area contributed by atoms with E-state index in [0.717, 1.165) is 5.56 Å². The van der Waals surface area contributed by atoms with Crippen molar-refractivity contribution in [3.05, 3.63) is 98.5 Å². The molecule has 46 heavy (non-hydrogen) atoms. The van der Waals surface area contributed by atoms with Crippen LogP contribution in [0.1, 0.15) is 56.6 Å². The molecule has 2 N–H and O–H groups in total. The number of esters is 1. The van der Waals surface area contributed by atoms with Crippen LogP contribution in [0.15, 0.2) is 77.3 Å². The highest BCUT2D eigenvalue weighted by Crippen LogP contribution is 2.41. The van der Waals surface area contributed by atoms with Gasteiger partial charge < -0.3 is 29.7 Å². The summed E-state index contributed by atoms with van der Waals surface area (Å²) in [6.45, 7) is 6.35. The Hall–Kier alpha value is -4.55. The number of nitrogens with zero attached hydrogens (tertiary/aromatic N) is 3. The third-order valence-corrected chi connectivity index (χ3v) is 8.82. The Kier molecular flexibility index (Phi) is 11.7. The zero-order valence-corrected chi connectivity index (χ0v) is 26.6. The highest BCUT2D eigenvalue weighted by molar-refractivity contribution is 5.91. The number of ether oxygens (including phenoxy) is 2. The van der Waals surface area contributed by atoms with Crippen LogP contribution in [0.25, 0.3) is 0 Å². The van der Waals surface area contributed by atoms with Crippen LogP contribution in [0, 0.1) is 10.1 Å². The molecule has 0 spiro atoms. The molecule has 2 heterocycles. The average molecular weight is 635 g/mol. The number of carboxylic acids is 1. The van der Waals surface area contributed by atoms with Crippen molar-refractivity contribution >= 4 is 24.0 Å². The minimum absolute atomic E-state index is 0.0744. The van der Waals surface area contributed by atoms with Gasteiger partial charge >= 0.3 is 11.9 Å². The Morgan fingerprint density at radius 2 is 1.78 bits per heavy atom. The maximum absolute atomic E-state index is 13.2. The van der Waals surface area contributed by atoms with Crippen molar-refractivity contribution in [1.82, 2.24) is 15.1 Å². The van der Waals surface area contributed by atoms with Gasteiger partial charge in [0.15, 0.2) is 0 Å². The number of aliphatic carboxylic acids is 1. The van der Waals surface area contributed by atoms with Crippen LogP contribution in [-0.4, -0.2) is 84.7 Å². The normalized spacial score (nSPS) is 18.1. The number of methoxy groups -OCH3 is 1. The summed E-state index contributed by atoms with van der Waals surface area (Å²) >= 11 is 0. The van der Waals surface area contributed by atoms with E-state index in [0.29, 0.717) is 87.5 Å². The molecule has 12 heteroatoms. The molecule has 0 bridgehead atoms. The van der Waals surface area contributed by atoms with E-state index in [1.807, 2.05) is 44.2 Å². The van der Waals surface area contributed by atoms with Gasteiger partial charge in [-0.3, -0.25) is 19.7 Å². The number of hydrogen-bond acceptors (Lipinski definition) is 9. The van der Waals surface area contributed by atoms with E-state index in [9.17, 15) is 29.6 Å². The molecular formula is C34H42N4O8. The molecule has 12 nitrogen and oxygen atoms in total. The molecule has 1 amide bonds. The Balaban J connectivity index is 1.56. The predicted molar refractivity (Wildman–Crippen MR) is 171 cm³/mol. The summed E-state index contributed by atoms with van der Waals surface area (Å²) in [6.07, 6.45) is 2.88. The van der Waals surface area contributed by atoms with Gasteiger partial charge in [0.25, 0.3) is 5.69 Å². The van der Waals surface area contributed by atoms with E-state index < -0.39 is 22.2 Å². The summed E-state index contributed by atoms with van der Waals surface area (Å²) in [7, 11) is 1.52. The van der Waals surface area contributed by atoms with Crippen molar-refractivity contribution in [1.29, 1.82) is 0 Å². The van der Waals surface area contributed by atoms with Gasteiger partial charge in [0.2, 0.25) is 6.41 Å². The van der Waals surface area contributed by atoms with Gasteiger partial charge in [0, 0.05) is 31.5 Å². The highest BCUT2D eigenvalue weighted by Gasteiger charge is 2.44. The molecule has 246 valence electrons. The smallest absolute Gasteiger partial charge is 0.334 e. The quantitative estimate of drug-likeness (QED) is 0.125. The first kappa shape index (κ1) is 34.3. The molecule has 2 aliphatic rings. The number of hydrogen-bond donors (Lipinski definition) is 2. The van der Waals surface area contributed by atoms with Crippen molar-refractivity contribution in [3.63, 3.8) is 0 Å². The van der Waals surface area contributed by atoms with E-state index in [1.54, 1.807) is 0 Å². The predicted octanol–water partition coefficient (Wildman–Crippen LogP) is 4.33. The lowest BCUT2D eigenvalue weighted by atomic mass is 9.72. The van der Waals surface area contributed by atoms with E-state index in [4.69, 9.17) is 9.47 Å². The summed E-state index contributed by atoms with van der Waals surface area (Å²) in [4.78, 5) is 53.1. The first-order chi connectivity index (χ1) is 22.2. The van der Waals surface area contributed by atoms with Crippen LogP contribution in [0.3, 0.4) is 0 Å². The van der Waals surface area contributed by atoms with Crippen LogP contribution in [0.2, 0.25) is 0 Å². The van der Waals surface area contributed by atoms with Gasteiger partial charge in [-0.2, -0.15) is 0 Å². The number of benzene rings is 2. The second-order valence-corrected chi connectivity index (χ2v) is 11.4. The molecule has 4 rings (SSSR count). The van der Waals surface area contributed by atoms with Crippen LogP contribution < -0.4 is 5.32 Å². The molecule has 2 aromatic rings. The summed E-state index contributed by atoms with van der Waals surface area (Å²) in [5.74, 6) is -2.22. The van der Waals surface area contributed by atoms with Gasteiger partial charge in [0.05, 0.1) is 46.4 Å². The van der Waals surface area contributed by atoms with Crippen molar-refractivity contribution in [2.75, 3.05) is 46.5 Å². The van der Waals surface area contributed by atoms with Crippen LogP contribution in [0.5, 0.6) is 0 Å². The number of nitrogens with one attached hydrogen (secondary N) is 1. The number of allylic oxidation sites excluding steroid dienone is 2. The van der Waals surface area contributed by atoms with Crippen LogP contribution >= 0.6 is 0 Å². The minimum Gasteiger partial charge on any atom is -0.478 e. The number of piperidine rings is 1. The maximum Gasteiger partial charge on any atom is 0.334 e. The monoisotopic (exact) mass is 634 g/mol. The molecule has 0 saturated carbocycles. The number of likely N-dealkylation sites (tertiary alicyclic amines) is 1. The fourth-order valence-corrected chi connectivity index (χ4v) is 6.53. The lowest BCUT2D eigenvalue weighted by molar-refractivity contribution is -0.384. The van der Waals surface area contributed by atoms with E-state index in [2.05, 4.69) is 10.2 Å². The first-order valence-corrected chi connectivity index (χ1v) is 15.6. The van der Waals surface area contributed by atoms with E-state index in [1.165, 1.54) is 36.3 Å². The largest absolute Gasteiger partial charge is 0.478 e. The second-order valence-electron chi connectivity index (χ2n) is 11.4. The Labute approximate surface area is 268 Å². The number of carbonyl (C=O) groups is 3. The SMILES string of the molecule is CCOC(=O)C1(c2ccccc2)CCN(CCCN(C=O)C2=C(COC)NC(CC)=C(C(=O)O)C2c2ccc([N+](=O)[O-])cc2)CC1. The van der Waals surface area contributed by atoms with Crippen molar-refractivity contribution in [2.45, 2.75) is 50.9 Å². The molecule has 1 saturated heterocycles. The van der Waals surface area contributed by atoms with Gasteiger partial charge in [0.1, 0.15) is 0 Å². The summed E-state index contributed by atoms with van der Waals surface area (Å²) in [5, 5.41) is 24.9. The molecule has 2 aliphatic heterocycles. The Morgan fingerprint density at radius 1 is 1.11 bits per heavy atom. The first-order valence-electron chi connectivity index (χ1n) is 15.6. The molecule has 1 unspecified atom stereocenters. The van der Waals surface area contributed by atoms with Crippen molar-refractivity contribution < 1.29 is 33.9 Å². The fourth-order valence-electron chi connectivity index (χ4n) is 6.53. The van der Waals surface area contributed by atoms with Gasteiger partial charge in [-0.05, 0) is 63.4 Å². The van der Waals surface area contributed by atoms with E-state index >= 15 is 0 Å². The molecule has 0 aliphatic carbocycles. The summed E-state index contributed by atoms with van der Waals surface area (Å²) in [5.41, 5.74) is 2.19. The third-order valence-electron chi connectivity index (χ3n) is 8.82. The zero-order valence-electron chi connectivity index (χ0n) is 26.6. The number of carbonyl (C=O) groups excluding carboxylic acids is 2. The second kappa shape index (κ2) is 15.6. The molecule has 1 atom stereocenters. The van der Waals surface area contributed by atoms with Gasteiger partial charge in [-0.25, -0.2) is 4.79 Å². The Morgan fingerprint density at radius 3 is 2.33 bits per heavy atom. The maximum atomic E-state index is 13.2. The third kappa shape index (κ3) is 7.29. The Bertz CT molecular complexity index is 1460. The molecular weight excluding hydrogens is 592 g/mol. The average Bonchev–Trinajstić information content (AvgIpc) is 3.07. The molecule has 1 fully saturated rings. The summed E-state index contributed by atoms with van der Waals surface area (Å²) in [6, 6.07) is 15.5. The van der Waals surface area contributed by atoms with Crippen LogP contribution in [-0.2, 0) is 29.3 Å². The number of dihydropyridines is 1. The van der Waals surface area contributed by atoms with E-state index in [-0.39, 0.29) is 23.8 Å². The number of non-ortho nitro benzene ring substituents is 1. The number of nitro benzene ring substituents is 1. The standard InChI is InChI=1S/C34H42N4O8/c1-4-27-30(32(40)41)29(24-12-14-26(15-13-24)38(43)44)31(28(35-27)22-45-3)37(23-39)19-9-18-36-20-16-34(17-21-36,33(42)46-5-2)25-10-7-6-8-11-25/h6-8,10-15,23,29,35H,4-5,9,16-22H2,1-3H3,(H,40,41). The van der Waals surface area contributed by atoms with Gasteiger partial charge in [-0.15, -0.1) is 0 Å². The molecule has 0 radical (unpaired) electrons. The zero-order chi connectivity index (χ0) is 33.3. The number of nitro groups is 1.